The summed E-state index contributed by atoms with van der Waals surface area (Å²) in [6.45, 7) is 2.00. The Bertz CT molecular complexity index is 1870. The minimum atomic E-state index is -0.350. The molecule has 0 unspecified atom stereocenters. The van der Waals surface area contributed by atoms with Gasteiger partial charge in [0.05, 0.1) is 11.2 Å². The van der Waals surface area contributed by atoms with Gasteiger partial charge in [-0.25, -0.2) is 5.43 Å². The van der Waals surface area contributed by atoms with Gasteiger partial charge >= 0.3 is 0 Å². The third-order valence-corrected chi connectivity index (χ3v) is 8.22. The van der Waals surface area contributed by atoms with E-state index in [4.69, 9.17) is 11.6 Å². The van der Waals surface area contributed by atoms with Crippen LogP contribution in [0.15, 0.2) is 102 Å². The Morgan fingerprint density at radius 3 is 2.15 bits per heavy atom. The molecule has 1 aromatic heterocycles. The van der Waals surface area contributed by atoms with Gasteiger partial charge in [0.1, 0.15) is 4.88 Å². The lowest BCUT2D eigenvalue weighted by Crippen LogP contribution is -2.18. The van der Waals surface area contributed by atoms with Crippen LogP contribution in [0.4, 0.5) is 5.69 Å². The molecule has 0 aliphatic rings. The van der Waals surface area contributed by atoms with Crippen LogP contribution in [-0.2, 0) is 0 Å². The summed E-state index contributed by atoms with van der Waals surface area (Å²) in [5.74, 6) is -0.639. The van der Waals surface area contributed by atoms with Gasteiger partial charge in [0.25, 0.3) is 11.8 Å². The van der Waals surface area contributed by atoms with E-state index in [1.54, 1.807) is 30.5 Å². The molecule has 1 heterocycles. The van der Waals surface area contributed by atoms with Gasteiger partial charge < -0.3 is 5.32 Å². The highest BCUT2D eigenvalue weighted by Gasteiger charge is 2.17. The Morgan fingerprint density at radius 1 is 0.795 bits per heavy atom. The van der Waals surface area contributed by atoms with Crippen molar-refractivity contribution in [2.45, 2.75) is 6.92 Å². The highest BCUT2D eigenvalue weighted by Crippen LogP contribution is 2.36. The van der Waals surface area contributed by atoms with Crippen LogP contribution in [-0.4, -0.2) is 18.0 Å². The van der Waals surface area contributed by atoms with Crippen molar-refractivity contribution in [3.8, 4) is 0 Å². The smallest absolute Gasteiger partial charge is 0.271 e. The summed E-state index contributed by atoms with van der Waals surface area (Å²) in [5.41, 5.74) is 5.65. The zero-order valence-corrected chi connectivity index (χ0v) is 22.4. The molecule has 0 radical (unpaired) electrons. The molecule has 6 rings (SSSR count). The van der Waals surface area contributed by atoms with Crippen molar-refractivity contribution >= 4 is 78.3 Å². The van der Waals surface area contributed by atoms with Crippen molar-refractivity contribution in [1.29, 1.82) is 0 Å². The number of benzene rings is 5. The lowest BCUT2D eigenvalue weighted by molar-refractivity contribution is 0.0954. The number of nitrogens with one attached hydrogen (secondary N) is 2. The van der Waals surface area contributed by atoms with Gasteiger partial charge in [0.2, 0.25) is 0 Å². The van der Waals surface area contributed by atoms with Gasteiger partial charge in [-0.3, -0.25) is 9.59 Å². The molecule has 39 heavy (non-hydrogen) atoms. The van der Waals surface area contributed by atoms with E-state index in [9.17, 15) is 9.59 Å². The van der Waals surface area contributed by atoms with Crippen LogP contribution in [0.2, 0.25) is 5.02 Å². The van der Waals surface area contributed by atoms with Crippen LogP contribution in [0.25, 0.3) is 31.6 Å². The van der Waals surface area contributed by atoms with Gasteiger partial charge in [-0.2, -0.15) is 5.10 Å². The molecular formula is C32H22ClN3O2S. The Morgan fingerprint density at radius 2 is 1.46 bits per heavy atom. The molecule has 0 saturated carbocycles. The molecule has 2 N–H and O–H groups in total. The summed E-state index contributed by atoms with van der Waals surface area (Å²) >= 11 is 7.84. The van der Waals surface area contributed by atoms with Crippen LogP contribution >= 0.6 is 22.9 Å². The predicted octanol–water partition coefficient (Wildman–Crippen LogP) is 8.19. The van der Waals surface area contributed by atoms with E-state index < -0.39 is 0 Å². The number of aryl methyl sites for hydroxylation is 1. The number of halogens is 1. The molecule has 0 aliphatic heterocycles. The normalized spacial score (nSPS) is 11.4. The summed E-state index contributed by atoms with van der Waals surface area (Å²) in [5, 5.41) is 12.8. The van der Waals surface area contributed by atoms with Crippen LogP contribution in [0, 0.1) is 6.92 Å². The number of hydrogen-bond acceptors (Lipinski definition) is 4. The molecule has 0 fully saturated rings. The molecule has 5 aromatic carbocycles. The van der Waals surface area contributed by atoms with Gasteiger partial charge in [0.15, 0.2) is 0 Å². The molecule has 7 heteroatoms. The first kappa shape index (κ1) is 24.8. The van der Waals surface area contributed by atoms with Crippen LogP contribution in [0.1, 0.15) is 31.2 Å². The minimum absolute atomic E-state index is 0.289. The molecule has 0 aliphatic carbocycles. The molecule has 0 saturated heterocycles. The summed E-state index contributed by atoms with van der Waals surface area (Å²) in [6, 6.07) is 30.9. The number of carbonyl (C=O) groups is 2. The van der Waals surface area contributed by atoms with Crippen molar-refractivity contribution in [3.63, 3.8) is 0 Å². The molecule has 0 spiro atoms. The second-order valence-electron chi connectivity index (χ2n) is 9.21. The highest BCUT2D eigenvalue weighted by molar-refractivity contribution is 7.21. The van der Waals surface area contributed by atoms with Crippen LogP contribution in [0.5, 0.6) is 0 Å². The van der Waals surface area contributed by atoms with E-state index in [0.717, 1.165) is 42.8 Å². The minimum Gasteiger partial charge on any atom is -0.321 e. The maximum Gasteiger partial charge on any atom is 0.271 e. The fourth-order valence-corrected chi connectivity index (χ4v) is 6.13. The Kier molecular flexibility index (Phi) is 6.57. The van der Waals surface area contributed by atoms with Crippen LogP contribution < -0.4 is 10.7 Å². The molecule has 5 nitrogen and oxygen atoms in total. The number of anilines is 1. The molecular weight excluding hydrogens is 526 g/mol. The summed E-state index contributed by atoms with van der Waals surface area (Å²) in [6.07, 6.45) is 1.69. The number of hydrazone groups is 1. The first-order valence-corrected chi connectivity index (χ1v) is 13.5. The van der Waals surface area contributed by atoms with Crippen molar-refractivity contribution < 1.29 is 9.59 Å². The fourth-order valence-electron chi connectivity index (χ4n) is 4.62. The van der Waals surface area contributed by atoms with Crippen molar-refractivity contribution in [2.75, 3.05) is 5.32 Å². The number of carbonyl (C=O) groups excluding carboxylic acids is 2. The second kappa shape index (κ2) is 10.3. The zero-order valence-electron chi connectivity index (χ0n) is 20.9. The van der Waals surface area contributed by atoms with Crippen LogP contribution in [0.3, 0.4) is 0 Å². The monoisotopic (exact) mass is 547 g/mol. The van der Waals surface area contributed by atoms with E-state index >= 15 is 0 Å². The van der Waals surface area contributed by atoms with E-state index in [1.807, 2.05) is 61.5 Å². The van der Waals surface area contributed by atoms with Crippen molar-refractivity contribution in [3.05, 3.63) is 124 Å². The van der Waals surface area contributed by atoms with E-state index in [-0.39, 0.29) is 11.8 Å². The lowest BCUT2D eigenvalue weighted by atomic mass is 9.97. The quantitative estimate of drug-likeness (QED) is 0.130. The standard InChI is InChI=1S/C32H22ClN3O2S/c1-19-10-15-26-28(16-19)39-30(29(26)33)32(38)35-23-13-11-20(12-14-23)31(37)36-34-18-27-24-8-4-2-6-21(24)17-22-7-3-5-9-25(22)27/h2-18H,1H3,(H,35,38)(H,36,37)/b34-18-. The largest absolute Gasteiger partial charge is 0.321 e. The summed E-state index contributed by atoms with van der Waals surface area (Å²) < 4.78 is 0.967. The van der Waals surface area contributed by atoms with Gasteiger partial charge in [-0.15, -0.1) is 11.3 Å². The molecule has 0 atom stereocenters. The first-order chi connectivity index (χ1) is 19.0. The molecule has 0 bridgehead atoms. The topological polar surface area (TPSA) is 70.6 Å². The first-order valence-electron chi connectivity index (χ1n) is 12.3. The SMILES string of the molecule is Cc1ccc2c(Cl)c(C(=O)Nc3ccc(C(=O)N/N=C\c4c5ccccc5cc5ccccc45)cc3)sc2c1. The third-order valence-electron chi connectivity index (χ3n) is 6.57. The highest BCUT2D eigenvalue weighted by atomic mass is 35.5. The fraction of sp³-hybridized carbons (Fsp3) is 0.0312. The molecule has 190 valence electrons. The van der Waals surface area contributed by atoms with Crippen molar-refractivity contribution in [1.82, 2.24) is 5.43 Å². The zero-order chi connectivity index (χ0) is 26.9. The average Bonchev–Trinajstić information content (AvgIpc) is 3.28. The number of amides is 2. The second-order valence-corrected chi connectivity index (χ2v) is 10.6. The number of fused-ring (bicyclic) bond motifs is 3. The Hall–Kier alpha value is -4.52. The Balaban J connectivity index is 1.17. The summed E-state index contributed by atoms with van der Waals surface area (Å²) in [7, 11) is 0. The third kappa shape index (κ3) is 4.88. The predicted molar refractivity (Wildman–Crippen MR) is 162 cm³/mol. The maximum absolute atomic E-state index is 12.9. The van der Waals surface area contributed by atoms with E-state index in [0.29, 0.717) is 21.2 Å². The van der Waals surface area contributed by atoms with Gasteiger partial charge in [-0.1, -0.05) is 72.3 Å². The Labute approximate surface area is 233 Å². The molecule has 2 amide bonds. The number of nitrogens with zero attached hydrogens (tertiary/aromatic N) is 1. The van der Waals surface area contributed by atoms with Gasteiger partial charge in [-0.05, 0) is 70.4 Å². The maximum atomic E-state index is 12.9. The lowest BCUT2D eigenvalue weighted by Gasteiger charge is -2.08. The van der Waals surface area contributed by atoms with E-state index in [1.165, 1.54) is 11.3 Å². The summed E-state index contributed by atoms with van der Waals surface area (Å²) in [4.78, 5) is 26.1. The number of thiophene rings is 1. The average molecular weight is 548 g/mol. The molecule has 6 aromatic rings. The number of rotatable bonds is 5. The van der Waals surface area contributed by atoms with E-state index in [2.05, 4.69) is 34.0 Å². The van der Waals surface area contributed by atoms with Gasteiger partial charge in [0, 0.05) is 26.9 Å². The number of hydrogen-bond donors (Lipinski definition) is 2. The van der Waals surface area contributed by atoms with Crippen molar-refractivity contribution in [2.24, 2.45) is 5.10 Å².